The topological polar surface area (TPSA) is 52.8 Å². The lowest BCUT2D eigenvalue weighted by molar-refractivity contribution is -0.274. The average molecular weight is 380 g/mol. The molecule has 2 heterocycles. The Morgan fingerprint density at radius 3 is 2.65 bits per heavy atom. The summed E-state index contributed by atoms with van der Waals surface area (Å²) in [5, 5.41) is 9.05. The first kappa shape index (κ1) is 18.2. The summed E-state index contributed by atoms with van der Waals surface area (Å²) >= 11 is 1.39. The number of ether oxygens (including phenoxy) is 1. The van der Waals surface area contributed by atoms with Crippen molar-refractivity contribution < 1.29 is 17.9 Å². The monoisotopic (exact) mass is 380 g/mol. The van der Waals surface area contributed by atoms with Crippen molar-refractivity contribution in [3.05, 3.63) is 54.2 Å². The highest BCUT2D eigenvalue weighted by Crippen LogP contribution is 2.28. The number of alkyl halides is 3. The minimum Gasteiger partial charge on any atom is -0.406 e. The summed E-state index contributed by atoms with van der Waals surface area (Å²) < 4.78 is 42.9. The molecule has 0 N–H and O–H groups in total. The summed E-state index contributed by atoms with van der Waals surface area (Å²) in [5.41, 5.74) is 1.41. The molecule has 0 bridgehead atoms. The second kappa shape index (κ2) is 7.77. The summed E-state index contributed by atoms with van der Waals surface area (Å²) in [6.45, 7) is 2.62. The van der Waals surface area contributed by atoms with Crippen molar-refractivity contribution >= 4 is 11.8 Å². The maximum Gasteiger partial charge on any atom is 0.573 e. The maximum atomic E-state index is 12.3. The first-order valence-electron chi connectivity index (χ1n) is 7.78. The van der Waals surface area contributed by atoms with Crippen LogP contribution in [0.2, 0.25) is 0 Å². The fourth-order valence-corrected chi connectivity index (χ4v) is 3.29. The number of pyridine rings is 1. The first-order chi connectivity index (χ1) is 12.5. The second-order valence-corrected chi connectivity index (χ2v) is 6.19. The van der Waals surface area contributed by atoms with E-state index in [-0.39, 0.29) is 5.75 Å². The molecule has 0 spiro atoms. The van der Waals surface area contributed by atoms with Crippen molar-refractivity contribution in [1.82, 2.24) is 19.7 Å². The number of halogens is 3. The van der Waals surface area contributed by atoms with Gasteiger partial charge in [0.1, 0.15) is 11.4 Å². The Bertz CT molecular complexity index is 868. The zero-order chi connectivity index (χ0) is 18.6. The maximum absolute atomic E-state index is 12.3. The molecule has 0 saturated heterocycles. The van der Waals surface area contributed by atoms with Gasteiger partial charge in [0.05, 0.1) is 0 Å². The molecule has 0 unspecified atom stereocenters. The Morgan fingerprint density at radius 1 is 1.12 bits per heavy atom. The molecule has 3 rings (SSSR count). The van der Waals surface area contributed by atoms with Gasteiger partial charge in [0.2, 0.25) is 0 Å². The number of benzene rings is 1. The van der Waals surface area contributed by atoms with Gasteiger partial charge in [-0.25, -0.2) is 0 Å². The van der Waals surface area contributed by atoms with E-state index >= 15 is 0 Å². The average Bonchev–Trinajstić information content (AvgIpc) is 3.02. The van der Waals surface area contributed by atoms with Crippen LogP contribution in [0.3, 0.4) is 0 Å². The molecule has 0 aliphatic rings. The van der Waals surface area contributed by atoms with E-state index in [1.807, 2.05) is 29.7 Å². The molecule has 5 nitrogen and oxygen atoms in total. The predicted molar refractivity (Wildman–Crippen MR) is 91.6 cm³/mol. The minimum absolute atomic E-state index is 0.235. The minimum atomic E-state index is -4.70. The van der Waals surface area contributed by atoms with Gasteiger partial charge >= 0.3 is 6.36 Å². The van der Waals surface area contributed by atoms with Gasteiger partial charge in [0.25, 0.3) is 0 Å². The molecule has 0 aliphatic carbocycles. The van der Waals surface area contributed by atoms with E-state index < -0.39 is 6.36 Å². The van der Waals surface area contributed by atoms with Crippen LogP contribution in [0.5, 0.6) is 5.75 Å². The van der Waals surface area contributed by atoms with Crippen molar-refractivity contribution in [3.63, 3.8) is 0 Å². The predicted octanol–water partition coefficient (Wildman–Crippen LogP) is 4.55. The first-order valence-corrected chi connectivity index (χ1v) is 8.77. The molecule has 0 fully saturated rings. The lowest BCUT2D eigenvalue weighted by Gasteiger charge is -2.10. The van der Waals surface area contributed by atoms with Crippen LogP contribution in [0.1, 0.15) is 12.5 Å². The number of hydrogen-bond donors (Lipinski definition) is 0. The number of rotatable bonds is 6. The normalized spacial score (nSPS) is 11.5. The third-order valence-electron chi connectivity index (χ3n) is 3.43. The highest BCUT2D eigenvalue weighted by Gasteiger charge is 2.31. The van der Waals surface area contributed by atoms with Crippen molar-refractivity contribution in [2.24, 2.45) is 0 Å². The van der Waals surface area contributed by atoms with Crippen LogP contribution in [0.4, 0.5) is 13.2 Å². The molecular formula is C17H15F3N4OS. The molecule has 2 aromatic heterocycles. The molecule has 1 aromatic carbocycles. The summed E-state index contributed by atoms with van der Waals surface area (Å²) in [6.07, 6.45) is -3.02. The second-order valence-electron chi connectivity index (χ2n) is 5.25. The molecule has 136 valence electrons. The Morgan fingerprint density at radius 2 is 1.96 bits per heavy atom. The molecule has 0 atom stereocenters. The molecule has 0 aliphatic heterocycles. The summed E-state index contributed by atoms with van der Waals surface area (Å²) in [4.78, 5) is 4.28. The van der Waals surface area contributed by atoms with Crippen LogP contribution in [-0.2, 0) is 12.3 Å². The van der Waals surface area contributed by atoms with Gasteiger partial charge in [-0.15, -0.1) is 23.4 Å². The van der Waals surface area contributed by atoms with Crippen LogP contribution >= 0.6 is 11.8 Å². The zero-order valence-electron chi connectivity index (χ0n) is 13.8. The van der Waals surface area contributed by atoms with Crippen molar-refractivity contribution in [1.29, 1.82) is 0 Å². The summed E-state index contributed by atoms with van der Waals surface area (Å²) in [6, 6.07) is 11.5. The Kier molecular flexibility index (Phi) is 5.46. The molecule has 0 amide bonds. The number of aromatic nitrogens is 4. The smallest absolute Gasteiger partial charge is 0.406 e. The molecule has 0 radical (unpaired) electrons. The highest BCUT2D eigenvalue weighted by molar-refractivity contribution is 7.98. The molecule has 26 heavy (non-hydrogen) atoms. The van der Waals surface area contributed by atoms with Gasteiger partial charge in [-0.1, -0.05) is 30.0 Å². The zero-order valence-corrected chi connectivity index (χ0v) is 14.6. The summed E-state index contributed by atoms with van der Waals surface area (Å²) in [5.74, 6) is 0.863. The van der Waals surface area contributed by atoms with Gasteiger partial charge in [-0.05, 0) is 36.8 Å². The molecule has 0 saturated carbocycles. The van der Waals surface area contributed by atoms with Crippen LogP contribution in [-0.4, -0.2) is 26.1 Å². The fraction of sp³-hybridized carbons (Fsp3) is 0.235. The van der Waals surface area contributed by atoms with E-state index in [0.29, 0.717) is 34.5 Å². The molecule has 9 heteroatoms. The van der Waals surface area contributed by atoms with Gasteiger partial charge in [0, 0.05) is 18.5 Å². The van der Waals surface area contributed by atoms with Crippen molar-refractivity contribution in [3.8, 4) is 17.3 Å². The van der Waals surface area contributed by atoms with Gasteiger partial charge < -0.3 is 9.30 Å². The van der Waals surface area contributed by atoms with Gasteiger partial charge in [-0.2, -0.15) is 0 Å². The summed E-state index contributed by atoms with van der Waals surface area (Å²) in [7, 11) is 0. The van der Waals surface area contributed by atoms with E-state index in [2.05, 4.69) is 19.9 Å². The van der Waals surface area contributed by atoms with E-state index in [0.717, 1.165) is 0 Å². The van der Waals surface area contributed by atoms with Crippen LogP contribution in [0.25, 0.3) is 11.5 Å². The van der Waals surface area contributed by atoms with Crippen LogP contribution in [0, 0.1) is 0 Å². The van der Waals surface area contributed by atoms with Crippen molar-refractivity contribution in [2.45, 2.75) is 30.7 Å². The van der Waals surface area contributed by atoms with Crippen molar-refractivity contribution in [2.75, 3.05) is 0 Å². The third kappa shape index (κ3) is 4.54. The third-order valence-corrected chi connectivity index (χ3v) is 4.46. The van der Waals surface area contributed by atoms with Gasteiger partial charge in [-0.3, -0.25) is 4.98 Å². The highest BCUT2D eigenvalue weighted by atomic mass is 32.2. The molecule has 3 aromatic rings. The molecular weight excluding hydrogens is 365 g/mol. The van der Waals surface area contributed by atoms with E-state index in [9.17, 15) is 13.2 Å². The van der Waals surface area contributed by atoms with Gasteiger partial charge in [0.15, 0.2) is 11.0 Å². The van der Waals surface area contributed by atoms with Crippen LogP contribution in [0.15, 0.2) is 53.8 Å². The standard InChI is InChI=1S/C17H15F3N4OS/c1-2-24-15(14-8-3-4-9-21-14)22-23-16(24)26-11-12-6-5-7-13(10-12)25-17(18,19)20/h3-10H,2,11H2,1H3. The quantitative estimate of drug-likeness (QED) is 0.587. The Labute approximate surface area is 152 Å². The lowest BCUT2D eigenvalue weighted by Crippen LogP contribution is -2.17. The Balaban J connectivity index is 1.74. The van der Waals surface area contributed by atoms with E-state index in [1.165, 1.54) is 30.0 Å². The SMILES string of the molecule is CCn1c(SCc2cccc(OC(F)(F)F)c2)nnc1-c1ccccn1. The number of hydrogen-bond acceptors (Lipinski definition) is 5. The number of thioether (sulfide) groups is 1. The fourth-order valence-electron chi connectivity index (χ4n) is 2.35. The van der Waals surface area contributed by atoms with Crippen LogP contribution < -0.4 is 4.74 Å². The van der Waals surface area contributed by atoms with E-state index in [1.54, 1.807) is 12.3 Å². The Hall–Kier alpha value is -2.55. The lowest BCUT2D eigenvalue weighted by atomic mass is 10.2. The van der Waals surface area contributed by atoms with E-state index in [4.69, 9.17) is 0 Å². The number of nitrogens with zero attached hydrogens (tertiary/aromatic N) is 4. The largest absolute Gasteiger partial charge is 0.573 e.